The van der Waals surface area contributed by atoms with E-state index >= 15 is 0 Å². The Morgan fingerprint density at radius 3 is 2.48 bits per heavy atom. The summed E-state index contributed by atoms with van der Waals surface area (Å²) in [4.78, 5) is 24.6. The Kier molecular flexibility index (Phi) is 8.09. The molecule has 0 fully saturated rings. The summed E-state index contributed by atoms with van der Waals surface area (Å²) in [5.41, 5.74) is 2.43. The number of ether oxygens (including phenoxy) is 1. The lowest BCUT2D eigenvalue weighted by atomic mass is 10.1. The Morgan fingerprint density at radius 2 is 1.76 bits per heavy atom. The smallest absolute Gasteiger partial charge is 0.266 e. The number of carbonyl (C=O) groups is 2. The third-order valence-corrected chi connectivity index (χ3v) is 5.08. The normalized spacial score (nSPS) is 10.8. The summed E-state index contributed by atoms with van der Waals surface area (Å²) in [6.07, 6.45) is 1.43. The molecule has 8 heteroatoms. The molecule has 0 unspecified atom stereocenters. The molecular weight excluding hydrogens is 461 g/mol. The fraction of sp³-hybridized carbons (Fsp3) is 0.0800. The first kappa shape index (κ1) is 23.9. The Bertz CT molecular complexity index is 1270. The van der Waals surface area contributed by atoms with Gasteiger partial charge in [-0.25, -0.2) is 0 Å². The monoisotopic (exact) mass is 479 g/mol. The molecule has 0 aliphatic carbocycles. The molecule has 3 aromatic carbocycles. The lowest BCUT2D eigenvalue weighted by Crippen LogP contribution is -2.20. The summed E-state index contributed by atoms with van der Waals surface area (Å²) in [7, 11) is 0. The minimum absolute atomic E-state index is 0.0962. The van der Waals surface area contributed by atoms with Crippen molar-refractivity contribution in [3.05, 3.63) is 93.5 Å². The maximum absolute atomic E-state index is 12.4. The van der Waals surface area contributed by atoms with Crippen LogP contribution in [0.4, 0.5) is 11.4 Å². The van der Waals surface area contributed by atoms with Crippen molar-refractivity contribution < 1.29 is 14.3 Å². The lowest BCUT2D eigenvalue weighted by Gasteiger charge is -2.09. The van der Waals surface area contributed by atoms with Gasteiger partial charge in [-0.3, -0.25) is 9.59 Å². The summed E-state index contributed by atoms with van der Waals surface area (Å²) in [5, 5.41) is 15.8. The molecule has 0 radical (unpaired) electrons. The fourth-order valence-electron chi connectivity index (χ4n) is 2.79. The summed E-state index contributed by atoms with van der Waals surface area (Å²) in [6, 6.07) is 20.4. The van der Waals surface area contributed by atoms with Gasteiger partial charge in [0.2, 0.25) is 0 Å². The lowest BCUT2D eigenvalue weighted by molar-refractivity contribution is -0.118. The number of nitriles is 1. The van der Waals surface area contributed by atoms with Crippen LogP contribution < -0.4 is 15.4 Å². The number of halogens is 2. The maximum Gasteiger partial charge on any atom is 0.266 e. The Morgan fingerprint density at radius 1 is 1.00 bits per heavy atom. The summed E-state index contributed by atoms with van der Waals surface area (Å²) >= 11 is 12.0. The largest absolute Gasteiger partial charge is 0.484 e. The zero-order chi connectivity index (χ0) is 23.8. The molecule has 0 bridgehead atoms. The van der Waals surface area contributed by atoms with E-state index in [2.05, 4.69) is 10.6 Å². The molecule has 0 heterocycles. The van der Waals surface area contributed by atoms with Crippen LogP contribution in [-0.4, -0.2) is 18.4 Å². The van der Waals surface area contributed by atoms with E-state index in [1.807, 2.05) is 19.1 Å². The van der Waals surface area contributed by atoms with Crippen molar-refractivity contribution in [1.82, 2.24) is 0 Å². The molecule has 33 heavy (non-hydrogen) atoms. The van der Waals surface area contributed by atoms with Crippen molar-refractivity contribution in [2.24, 2.45) is 0 Å². The van der Waals surface area contributed by atoms with E-state index in [-0.39, 0.29) is 18.1 Å². The average molecular weight is 480 g/mol. The van der Waals surface area contributed by atoms with E-state index in [0.29, 0.717) is 32.7 Å². The van der Waals surface area contributed by atoms with Crippen LogP contribution in [0.25, 0.3) is 6.08 Å². The Balaban J connectivity index is 1.63. The number of nitrogens with zero attached hydrogens (tertiary/aromatic N) is 1. The van der Waals surface area contributed by atoms with Crippen LogP contribution in [0.5, 0.6) is 5.75 Å². The van der Waals surface area contributed by atoms with Gasteiger partial charge < -0.3 is 15.4 Å². The second kappa shape index (κ2) is 11.2. The van der Waals surface area contributed by atoms with Crippen LogP contribution in [0, 0.1) is 18.3 Å². The average Bonchev–Trinajstić information content (AvgIpc) is 2.79. The highest BCUT2D eigenvalue weighted by Crippen LogP contribution is 2.21. The van der Waals surface area contributed by atoms with Gasteiger partial charge in [-0.05, 0) is 66.6 Å². The zero-order valence-corrected chi connectivity index (χ0v) is 19.1. The third-order valence-electron chi connectivity index (χ3n) is 4.44. The topological polar surface area (TPSA) is 91.2 Å². The molecule has 166 valence electrons. The minimum Gasteiger partial charge on any atom is -0.484 e. The predicted molar refractivity (Wildman–Crippen MR) is 130 cm³/mol. The van der Waals surface area contributed by atoms with Gasteiger partial charge in [-0.15, -0.1) is 0 Å². The van der Waals surface area contributed by atoms with Crippen molar-refractivity contribution in [2.75, 3.05) is 17.2 Å². The van der Waals surface area contributed by atoms with Crippen molar-refractivity contribution >= 4 is 52.5 Å². The van der Waals surface area contributed by atoms with Gasteiger partial charge in [0.05, 0.1) is 0 Å². The van der Waals surface area contributed by atoms with Crippen molar-refractivity contribution in [1.29, 1.82) is 5.26 Å². The molecule has 3 aromatic rings. The summed E-state index contributed by atoms with van der Waals surface area (Å²) in [5.74, 6) is -0.509. The fourth-order valence-corrected chi connectivity index (χ4v) is 3.16. The highest BCUT2D eigenvalue weighted by molar-refractivity contribution is 6.31. The predicted octanol–water partition coefficient (Wildman–Crippen LogP) is 5.87. The quantitative estimate of drug-likeness (QED) is 0.327. The molecule has 3 rings (SSSR count). The molecule has 0 saturated carbocycles. The molecule has 0 spiro atoms. The number of aryl methyl sites for hydroxylation is 1. The molecule has 0 saturated heterocycles. The number of hydrogen-bond acceptors (Lipinski definition) is 4. The Hall–Kier alpha value is -3.79. The van der Waals surface area contributed by atoms with Crippen LogP contribution >= 0.6 is 23.2 Å². The second-order valence-electron chi connectivity index (χ2n) is 7.01. The third kappa shape index (κ3) is 7.11. The van der Waals surface area contributed by atoms with E-state index in [1.54, 1.807) is 60.7 Å². The van der Waals surface area contributed by atoms with E-state index in [1.165, 1.54) is 6.08 Å². The first-order valence-electron chi connectivity index (χ1n) is 9.81. The van der Waals surface area contributed by atoms with Gasteiger partial charge >= 0.3 is 0 Å². The summed E-state index contributed by atoms with van der Waals surface area (Å²) < 4.78 is 5.55. The molecule has 0 aliphatic heterocycles. The number of hydrogen-bond donors (Lipinski definition) is 2. The molecule has 2 amide bonds. The second-order valence-corrected chi connectivity index (χ2v) is 7.85. The van der Waals surface area contributed by atoms with E-state index in [9.17, 15) is 14.9 Å². The maximum atomic E-state index is 12.4. The number of amides is 2. The number of rotatable bonds is 7. The van der Waals surface area contributed by atoms with Crippen LogP contribution in [0.1, 0.15) is 11.1 Å². The number of anilines is 2. The van der Waals surface area contributed by atoms with E-state index in [0.717, 1.165) is 5.56 Å². The first-order valence-corrected chi connectivity index (χ1v) is 10.6. The van der Waals surface area contributed by atoms with Crippen LogP contribution in [0.15, 0.2) is 72.3 Å². The molecule has 0 atom stereocenters. The van der Waals surface area contributed by atoms with Gasteiger partial charge in [0.1, 0.15) is 17.4 Å². The van der Waals surface area contributed by atoms with Crippen molar-refractivity contribution in [2.45, 2.75) is 6.92 Å². The van der Waals surface area contributed by atoms with Crippen LogP contribution in [-0.2, 0) is 9.59 Å². The van der Waals surface area contributed by atoms with E-state index in [4.69, 9.17) is 27.9 Å². The van der Waals surface area contributed by atoms with Gasteiger partial charge in [0.25, 0.3) is 11.8 Å². The molecule has 0 aliphatic rings. The van der Waals surface area contributed by atoms with E-state index < -0.39 is 5.91 Å². The summed E-state index contributed by atoms with van der Waals surface area (Å²) in [6.45, 7) is 1.65. The van der Waals surface area contributed by atoms with Crippen molar-refractivity contribution in [3.8, 4) is 11.8 Å². The number of nitrogens with one attached hydrogen (secondary N) is 2. The van der Waals surface area contributed by atoms with Gasteiger partial charge in [-0.2, -0.15) is 5.26 Å². The van der Waals surface area contributed by atoms with Crippen LogP contribution in [0.2, 0.25) is 10.0 Å². The van der Waals surface area contributed by atoms with Gasteiger partial charge in [-0.1, -0.05) is 47.5 Å². The number of benzene rings is 3. The SMILES string of the molecule is Cc1ccc(NC(=O)COc2cccc(/C=C(/C#N)C(=O)Nc3cccc(Cl)c3)c2)cc1Cl. The highest BCUT2D eigenvalue weighted by atomic mass is 35.5. The first-order chi connectivity index (χ1) is 15.8. The van der Waals surface area contributed by atoms with Gasteiger partial charge in [0.15, 0.2) is 6.61 Å². The molecule has 6 nitrogen and oxygen atoms in total. The molecular formula is C25H19Cl2N3O3. The highest BCUT2D eigenvalue weighted by Gasteiger charge is 2.11. The zero-order valence-electron chi connectivity index (χ0n) is 17.6. The minimum atomic E-state index is -0.567. The van der Waals surface area contributed by atoms with Crippen LogP contribution in [0.3, 0.4) is 0 Å². The molecule has 0 aromatic heterocycles. The standard InChI is InChI=1S/C25H19Cl2N3O3/c1-16-8-9-21(13-23(16)27)29-24(31)15-33-22-7-2-4-17(11-22)10-18(14-28)25(32)30-20-6-3-5-19(26)12-20/h2-13H,15H2,1H3,(H,29,31)(H,30,32)/b18-10-. The van der Waals surface area contributed by atoms with Gasteiger partial charge in [0, 0.05) is 21.4 Å². The molecule has 2 N–H and O–H groups in total. The van der Waals surface area contributed by atoms with Crippen molar-refractivity contribution in [3.63, 3.8) is 0 Å². The Labute approximate surface area is 201 Å². The number of carbonyl (C=O) groups excluding carboxylic acids is 2.